The van der Waals surface area contributed by atoms with Crippen molar-refractivity contribution in [3.63, 3.8) is 0 Å². The Labute approximate surface area is 164 Å². The van der Waals surface area contributed by atoms with E-state index >= 15 is 0 Å². The summed E-state index contributed by atoms with van der Waals surface area (Å²) in [6.07, 6.45) is 2.67. The van der Waals surface area contributed by atoms with Crippen molar-refractivity contribution in [2.24, 2.45) is 0 Å². The van der Waals surface area contributed by atoms with E-state index < -0.39 is 15.8 Å². The summed E-state index contributed by atoms with van der Waals surface area (Å²) in [5.41, 5.74) is 4.83. The van der Waals surface area contributed by atoms with E-state index in [0.29, 0.717) is 19.5 Å². The van der Waals surface area contributed by atoms with Gasteiger partial charge in [0.2, 0.25) is 10.0 Å². The van der Waals surface area contributed by atoms with Crippen LogP contribution in [0.1, 0.15) is 24.6 Å². The van der Waals surface area contributed by atoms with Gasteiger partial charge in [-0.2, -0.15) is 4.31 Å². The highest BCUT2D eigenvalue weighted by molar-refractivity contribution is 7.89. The molecule has 2 aromatic carbocycles. The number of rotatable bonds is 4. The van der Waals surface area contributed by atoms with E-state index in [1.54, 1.807) is 0 Å². The zero-order valence-electron chi connectivity index (χ0n) is 16.0. The van der Waals surface area contributed by atoms with Crippen LogP contribution in [-0.4, -0.2) is 30.4 Å². The molecule has 28 heavy (non-hydrogen) atoms. The maximum atomic E-state index is 13.1. The molecule has 4 rings (SSSR count). The van der Waals surface area contributed by atoms with E-state index in [9.17, 15) is 12.8 Å². The Balaban J connectivity index is 1.68. The molecule has 0 aliphatic carbocycles. The number of sulfonamides is 1. The van der Waals surface area contributed by atoms with E-state index in [-0.39, 0.29) is 4.90 Å². The predicted molar refractivity (Wildman–Crippen MR) is 110 cm³/mol. The van der Waals surface area contributed by atoms with Gasteiger partial charge in [-0.25, -0.2) is 12.8 Å². The molecule has 0 spiro atoms. The standard InChI is InChI=1S/C22H23FN2O2S/c1-3-25-16(2)22(20-6-4-5-7-21(20)25)17-12-14-24(15-13-17)28(26,27)19-10-8-18(23)9-11-19/h4-12H,3,13-15H2,1-2H3. The molecule has 4 nitrogen and oxygen atoms in total. The van der Waals surface area contributed by atoms with Gasteiger partial charge in [-0.1, -0.05) is 24.3 Å². The van der Waals surface area contributed by atoms with Gasteiger partial charge < -0.3 is 4.57 Å². The third-order valence-corrected chi connectivity index (χ3v) is 7.37. The number of hydrogen-bond acceptors (Lipinski definition) is 2. The van der Waals surface area contributed by atoms with Gasteiger partial charge in [0.1, 0.15) is 5.82 Å². The first kappa shape index (κ1) is 18.9. The number of benzene rings is 2. The summed E-state index contributed by atoms with van der Waals surface area (Å²) in [7, 11) is -3.62. The SMILES string of the molecule is CCn1c(C)c(C2=CCN(S(=O)(=O)c3ccc(F)cc3)CC2)c2ccccc21. The van der Waals surface area contributed by atoms with Crippen molar-refractivity contribution in [3.05, 3.63) is 71.7 Å². The van der Waals surface area contributed by atoms with Crippen molar-refractivity contribution >= 4 is 26.5 Å². The van der Waals surface area contributed by atoms with Crippen LogP contribution in [0.15, 0.2) is 59.5 Å². The molecule has 2 heterocycles. The number of aryl methyl sites for hydroxylation is 1. The summed E-state index contributed by atoms with van der Waals surface area (Å²) in [4.78, 5) is 0.129. The highest BCUT2D eigenvalue weighted by atomic mass is 32.2. The molecule has 3 aromatic rings. The van der Waals surface area contributed by atoms with Crippen LogP contribution >= 0.6 is 0 Å². The van der Waals surface area contributed by atoms with E-state index in [4.69, 9.17) is 0 Å². The lowest BCUT2D eigenvalue weighted by Crippen LogP contribution is -2.34. The second kappa shape index (κ2) is 7.18. The zero-order chi connectivity index (χ0) is 19.9. The minimum absolute atomic E-state index is 0.129. The first-order chi connectivity index (χ1) is 13.4. The summed E-state index contributed by atoms with van der Waals surface area (Å²) in [5.74, 6) is -0.442. The molecule has 0 radical (unpaired) electrons. The van der Waals surface area contributed by atoms with Crippen LogP contribution in [0.2, 0.25) is 0 Å². The van der Waals surface area contributed by atoms with Gasteiger partial charge in [-0.15, -0.1) is 0 Å². The first-order valence-electron chi connectivity index (χ1n) is 9.46. The number of fused-ring (bicyclic) bond motifs is 1. The molecule has 0 unspecified atom stereocenters. The summed E-state index contributed by atoms with van der Waals surface area (Å²) >= 11 is 0. The lowest BCUT2D eigenvalue weighted by molar-refractivity contribution is 0.441. The van der Waals surface area contributed by atoms with Crippen LogP contribution in [0.5, 0.6) is 0 Å². The molecule has 0 atom stereocenters. The molecule has 1 aromatic heterocycles. The fraction of sp³-hybridized carbons (Fsp3) is 0.273. The quantitative estimate of drug-likeness (QED) is 0.645. The Morgan fingerprint density at radius 2 is 1.79 bits per heavy atom. The first-order valence-corrected chi connectivity index (χ1v) is 10.9. The smallest absolute Gasteiger partial charge is 0.243 e. The molecule has 0 bridgehead atoms. The van der Waals surface area contributed by atoms with Crippen molar-refractivity contribution < 1.29 is 12.8 Å². The van der Waals surface area contributed by atoms with Crippen molar-refractivity contribution in [1.82, 2.24) is 8.87 Å². The normalized spacial score (nSPS) is 15.8. The van der Waals surface area contributed by atoms with Gasteiger partial charge in [0.25, 0.3) is 0 Å². The number of hydrogen-bond donors (Lipinski definition) is 0. The molecule has 146 valence electrons. The summed E-state index contributed by atoms with van der Waals surface area (Å²) in [6.45, 7) is 5.89. The Morgan fingerprint density at radius 3 is 2.43 bits per heavy atom. The molecule has 0 saturated heterocycles. The number of para-hydroxylation sites is 1. The molecular formula is C22H23FN2O2S. The maximum absolute atomic E-state index is 13.1. The van der Waals surface area contributed by atoms with Gasteiger partial charge in [-0.3, -0.25) is 0 Å². The van der Waals surface area contributed by atoms with Gasteiger partial charge in [0.15, 0.2) is 0 Å². The largest absolute Gasteiger partial charge is 0.345 e. The van der Waals surface area contributed by atoms with Gasteiger partial charge in [0.05, 0.1) is 4.90 Å². The lowest BCUT2D eigenvalue weighted by atomic mass is 9.97. The third-order valence-electron chi connectivity index (χ3n) is 5.49. The second-order valence-electron chi connectivity index (χ2n) is 7.02. The molecule has 1 aliphatic heterocycles. The third kappa shape index (κ3) is 3.06. The minimum atomic E-state index is -3.62. The van der Waals surface area contributed by atoms with E-state index in [0.717, 1.165) is 6.54 Å². The zero-order valence-corrected chi connectivity index (χ0v) is 16.8. The number of halogens is 1. The van der Waals surface area contributed by atoms with Crippen LogP contribution in [0.4, 0.5) is 4.39 Å². The number of aromatic nitrogens is 1. The molecule has 6 heteroatoms. The Hall–Kier alpha value is -2.44. The highest BCUT2D eigenvalue weighted by Crippen LogP contribution is 2.35. The van der Waals surface area contributed by atoms with Crippen molar-refractivity contribution in [2.45, 2.75) is 31.7 Å². The average Bonchev–Trinajstić information content (AvgIpc) is 2.99. The summed E-state index contributed by atoms with van der Waals surface area (Å²) in [6, 6.07) is 13.4. The van der Waals surface area contributed by atoms with Gasteiger partial charge in [-0.05, 0) is 56.2 Å². The van der Waals surface area contributed by atoms with Crippen molar-refractivity contribution in [3.8, 4) is 0 Å². The molecule has 0 fully saturated rings. The molecule has 1 aliphatic rings. The summed E-state index contributed by atoms with van der Waals surface area (Å²) in [5, 5.41) is 1.21. The van der Waals surface area contributed by atoms with Crippen molar-refractivity contribution in [1.29, 1.82) is 0 Å². The Bertz CT molecular complexity index is 1160. The molecule has 0 N–H and O–H groups in total. The van der Waals surface area contributed by atoms with Crippen LogP contribution < -0.4 is 0 Å². The number of nitrogens with zero attached hydrogens (tertiary/aromatic N) is 2. The topological polar surface area (TPSA) is 42.3 Å². The highest BCUT2D eigenvalue weighted by Gasteiger charge is 2.27. The maximum Gasteiger partial charge on any atom is 0.243 e. The Morgan fingerprint density at radius 1 is 1.07 bits per heavy atom. The monoisotopic (exact) mass is 398 g/mol. The van der Waals surface area contributed by atoms with E-state index in [1.165, 1.54) is 56.3 Å². The fourth-order valence-corrected chi connectivity index (χ4v) is 5.48. The summed E-state index contributed by atoms with van der Waals surface area (Å²) < 4.78 is 42.6. The van der Waals surface area contributed by atoms with Gasteiger partial charge >= 0.3 is 0 Å². The van der Waals surface area contributed by atoms with Crippen LogP contribution in [-0.2, 0) is 16.6 Å². The minimum Gasteiger partial charge on any atom is -0.345 e. The van der Waals surface area contributed by atoms with E-state index in [2.05, 4.69) is 30.5 Å². The van der Waals surface area contributed by atoms with Crippen LogP contribution in [0, 0.1) is 12.7 Å². The van der Waals surface area contributed by atoms with Crippen LogP contribution in [0.3, 0.4) is 0 Å². The molecule has 0 amide bonds. The second-order valence-corrected chi connectivity index (χ2v) is 8.96. The molecular weight excluding hydrogens is 375 g/mol. The van der Waals surface area contributed by atoms with Crippen LogP contribution in [0.25, 0.3) is 16.5 Å². The van der Waals surface area contributed by atoms with E-state index in [1.807, 2.05) is 18.2 Å². The predicted octanol–water partition coefficient (Wildman–Crippen LogP) is 4.59. The lowest BCUT2D eigenvalue weighted by Gasteiger charge is -2.26. The Kier molecular flexibility index (Phi) is 4.85. The average molecular weight is 399 g/mol. The fourth-order valence-electron chi connectivity index (χ4n) is 4.10. The van der Waals surface area contributed by atoms with Gasteiger partial charge in [0, 0.05) is 41.8 Å². The molecule has 0 saturated carbocycles. The van der Waals surface area contributed by atoms with Crippen molar-refractivity contribution in [2.75, 3.05) is 13.1 Å².